The summed E-state index contributed by atoms with van der Waals surface area (Å²) in [5.41, 5.74) is 0.171. The number of hydrogen-bond acceptors (Lipinski definition) is 4. The van der Waals surface area contributed by atoms with E-state index in [0.29, 0.717) is 9.72 Å². The molecule has 2 rings (SSSR count). The summed E-state index contributed by atoms with van der Waals surface area (Å²) in [5, 5.41) is 11.0. The fourth-order valence-corrected chi connectivity index (χ4v) is 2.45. The molecule has 0 bridgehead atoms. The molecule has 1 aromatic carbocycles. The summed E-state index contributed by atoms with van der Waals surface area (Å²) in [6, 6.07) is 2.87. The molecule has 0 aliphatic heterocycles. The van der Waals surface area contributed by atoms with Crippen molar-refractivity contribution >= 4 is 50.4 Å². The smallest absolute Gasteiger partial charge is 0.258 e. The van der Waals surface area contributed by atoms with Crippen LogP contribution in [0, 0.1) is 10.1 Å². The van der Waals surface area contributed by atoms with Gasteiger partial charge in [0.25, 0.3) is 5.69 Å². The Morgan fingerprint density at radius 1 is 1.43 bits per heavy atom. The van der Waals surface area contributed by atoms with Gasteiger partial charge in [-0.1, -0.05) is 23.2 Å². The minimum atomic E-state index is -0.524. The number of nitro benzene ring substituents is 1. The van der Waals surface area contributed by atoms with Gasteiger partial charge < -0.3 is 0 Å². The highest BCUT2D eigenvalue weighted by Gasteiger charge is 2.17. The zero-order valence-electron chi connectivity index (χ0n) is 6.53. The van der Waals surface area contributed by atoms with E-state index < -0.39 is 4.92 Å². The average Bonchev–Trinajstić information content (AvgIpc) is 2.42. The number of nitro groups is 1. The van der Waals surface area contributed by atoms with Crippen LogP contribution in [0.5, 0.6) is 0 Å². The van der Waals surface area contributed by atoms with Crippen LogP contribution in [0.25, 0.3) is 10.2 Å². The van der Waals surface area contributed by atoms with Crippen molar-refractivity contribution in [1.82, 2.24) is 4.98 Å². The van der Waals surface area contributed by atoms with Gasteiger partial charge >= 0.3 is 0 Å². The number of nitrogens with zero attached hydrogens (tertiary/aromatic N) is 2. The first-order valence-electron chi connectivity index (χ1n) is 3.48. The van der Waals surface area contributed by atoms with E-state index in [9.17, 15) is 10.1 Å². The van der Waals surface area contributed by atoms with E-state index in [1.165, 1.54) is 6.07 Å². The third kappa shape index (κ3) is 1.54. The fourth-order valence-electron chi connectivity index (χ4n) is 1.09. The zero-order valence-corrected chi connectivity index (χ0v) is 8.86. The first kappa shape index (κ1) is 9.64. The molecule has 7 heteroatoms. The van der Waals surface area contributed by atoms with Gasteiger partial charge in [-0.15, -0.1) is 11.3 Å². The molecule has 0 unspecified atom stereocenters. The van der Waals surface area contributed by atoms with Crippen LogP contribution in [0.1, 0.15) is 0 Å². The van der Waals surface area contributed by atoms with Gasteiger partial charge in [0.15, 0.2) is 9.98 Å². The number of thiazole rings is 1. The van der Waals surface area contributed by atoms with Gasteiger partial charge in [-0.2, -0.15) is 0 Å². The molecule has 72 valence electrons. The molecule has 0 spiro atoms. The molecule has 14 heavy (non-hydrogen) atoms. The molecule has 1 heterocycles. The highest BCUT2D eigenvalue weighted by Crippen LogP contribution is 2.34. The lowest BCUT2D eigenvalue weighted by Gasteiger charge is -1.93. The van der Waals surface area contributed by atoms with Crippen molar-refractivity contribution in [3.05, 3.63) is 31.7 Å². The van der Waals surface area contributed by atoms with Gasteiger partial charge in [-0.3, -0.25) is 10.1 Å². The normalized spacial score (nSPS) is 10.7. The van der Waals surface area contributed by atoms with Crippen molar-refractivity contribution in [2.24, 2.45) is 0 Å². The fraction of sp³-hybridized carbons (Fsp3) is 0. The molecule has 0 radical (unpaired) electrons. The number of hydrogen-bond donors (Lipinski definition) is 0. The van der Waals surface area contributed by atoms with Crippen LogP contribution < -0.4 is 0 Å². The second-order valence-electron chi connectivity index (χ2n) is 2.50. The van der Waals surface area contributed by atoms with Gasteiger partial charge in [0.05, 0.1) is 9.62 Å². The van der Waals surface area contributed by atoms with E-state index in [1.54, 1.807) is 6.07 Å². The van der Waals surface area contributed by atoms with Crippen molar-refractivity contribution in [2.75, 3.05) is 0 Å². The minimum absolute atomic E-state index is 0.115. The van der Waals surface area contributed by atoms with Gasteiger partial charge in [-0.05, 0) is 6.07 Å². The Labute approximate surface area is 92.2 Å². The highest BCUT2D eigenvalue weighted by atomic mass is 35.5. The minimum Gasteiger partial charge on any atom is -0.258 e. The Balaban J connectivity index is 2.85. The van der Waals surface area contributed by atoms with Crippen molar-refractivity contribution < 1.29 is 4.92 Å². The molecule has 0 saturated carbocycles. The van der Waals surface area contributed by atoms with Crippen LogP contribution >= 0.6 is 34.5 Å². The maximum absolute atomic E-state index is 10.6. The summed E-state index contributed by atoms with van der Waals surface area (Å²) in [4.78, 5) is 14.0. The van der Waals surface area contributed by atoms with Crippen LogP contribution in [0.3, 0.4) is 0 Å². The Kier molecular flexibility index (Phi) is 2.30. The van der Waals surface area contributed by atoms with Gasteiger partial charge in [-0.25, -0.2) is 4.98 Å². The third-order valence-electron chi connectivity index (χ3n) is 1.61. The lowest BCUT2D eigenvalue weighted by atomic mass is 10.3. The number of rotatable bonds is 1. The molecular formula is C7H2Cl2N2O2S. The van der Waals surface area contributed by atoms with Crippen LogP contribution in [0.2, 0.25) is 9.49 Å². The van der Waals surface area contributed by atoms with E-state index in [1.807, 2.05) is 0 Å². The molecular weight excluding hydrogens is 247 g/mol. The maximum Gasteiger partial charge on any atom is 0.297 e. The number of halogens is 2. The largest absolute Gasteiger partial charge is 0.297 e. The second kappa shape index (κ2) is 3.34. The van der Waals surface area contributed by atoms with E-state index in [2.05, 4.69) is 4.98 Å². The SMILES string of the molecule is O=[N+]([O-])c1cc(Cl)cc2sc(Cl)nc12. The van der Waals surface area contributed by atoms with E-state index in [4.69, 9.17) is 23.2 Å². The Bertz CT molecular complexity index is 526. The number of fused-ring (bicyclic) bond motifs is 1. The summed E-state index contributed by atoms with van der Waals surface area (Å²) in [6.07, 6.45) is 0. The predicted octanol–water partition coefficient (Wildman–Crippen LogP) is 3.51. The van der Waals surface area contributed by atoms with Crippen molar-refractivity contribution in [3.8, 4) is 0 Å². The Morgan fingerprint density at radius 2 is 2.14 bits per heavy atom. The Morgan fingerprint density at radius 3 is 2.79 bits per heavy atom. The lowest BCUT2D eigenvalue weighted by Crippen LogP contribution is -1.88. The van der Waals surface area contributed by atoms with Gasteiger partial charge in [0.2, 0.25) is 0 Å². The summed E-state index contributed by atoms with van der Waals surface area (Å²) >= 11 is 12.5. The van der Waals surface area contributed by atoms with Crippen molar-refractivity contribution in [2.45, 2.75) is 0 Å². The zero-order chi connectivity index (χ0) is 10.3. The van der Waals surface area contributed by atoms with E-state index in [0.717, 1.165) is 11.3 Å². The maximum atomic E-state index is 10.6. The van der Waals surface area contributed by atoms with Crippen LogP contribution in [0.4, 0.5) is 5.69 Å². The molecule has 0 fully saturated rings. The van der Waals surface area contributed by atoms with E-state index >= 15 is 0 Å². The van der Waals surface area contributed by atoms with Crippen molar-refractivity contribution in [3.63, 3.8) is 0 Å². The molecule has 2 aromatic rings. The third-order valence-corrected chi connectivity index (χ3v) is 2.94. The molecule has 0 atom stereocenters. The van der Waals surface area contributed by atoms with Crippen LogP contribution in [-0.2, 0) is 0 Å². The van der Waals surface area contributed by atoms with Crippen LogP contribution in [0.15, 0.2) is 12.1 Å². The van der Waals surface area contributed by atoms with E-state index in [-0.39, 0.29) is 15.7 Å². The molecule has 4 nitrogen and oxygen atoms in total. The summed E-state index contributed by atoms with van der Waals surface area (Å²) < 4.78 is 0.888. The standard InChI is InChI=1S/C7H2Cl2N2O2S/c8-3-1-4(11(12)13)6-5(2-3)14-7(9)10-6/h1-2H. The summed E-state index contributed by atoms with van der Waals surface area (Å²) in [5.74, 6) is 0. The molecule has 0 N–H and O–H groups in total. The predicted molar refractivity (Wildman–Crippen MR) is 56.3 cm³/mol. The van der Waals surface area contributed by atoms with Gasteiger partial charge in [0, 0.05) is 11.1 Å². The van der Waals surface area contributed by atoms with Gasteiger partial charge in [0.1, 0.15) is 0 Å². The lowest BCUT2D eigenvalue weighted by molar-refractivity contribution is -0.383. The van der Waals surface area contributed by atoms with Crippen LogP contribution in [-0.4, -0.2) is 9.91 Å². The quantitative estimate of drug-likeness (QED) is 0.573. The molecule has 0 aliphatic carbocycles. The first-order chi connectivity index (χ1) is 6.58. The van der Waals surface area contributed by atoms with Crippen molar-refractivity contribution in [1.29, 1.82) is 0 Å². The average molecular weight is 249 g/mol. The molecule has 0 aliphatic rings. The topological polar surface area (TPSA) is 56.0 Å². The second-order valence-corrected chi connectivity index (χ2v) is 4.54. The molecule has 0 saturated heterocycles. The monoisotopic (exact) mass is 248 g/mol. The summed E-state index contributed by atoms with van der Waals surface area (Å²) in [7, 11) is 0. The Hall–Kier alpha value is -0.910. The first-order valence-corrected chi connectivity index (χ1v) is 5.05. The summed E-state index contributed by atoms with van der Waals surface area (Å²) in [6.45, 7) is 0. The number of non-ortho nitro benzene ring substituents is 1. The highest BCUT2D eigenvalue weighted by molar-refractivity contribution is 7.22. The molecule has 1 aromatic heterocycles. The number of aromatic nitrogens is 1. The number of benzene rings is 1. The molecule has 0 amide bonds.